The zero-order valence-electron chi connectivity index (χ0n) is 11.9. The van der Waals surface area contributed by atoms with Crippen LogP contribution in [0.15, 0.2) is 23.1 Å². The van der Waals surface area contributed by atoms with Gasteiger partial charge in [0.2, 0.25) is 10.0 Å². The van der Waals surface area contributed by atoms with Gasteiger partial charge in [-0.25, -0.2) is 13.6 Å². The third-order valence-electron chi connectivity index (χ3n) is 3.01. The fraction of sp³-hybridized carbons (Fsp3) is 0.538. The third kappa shape index (κ3) is 6.34. The van der Waals surface area contributed by atoms with Gasteiger partial charge in [-0.3, -0.25) is 0 Å². The molecule has 4 nitrogen and oxygen atoms in total. The number of primary sulfonamides is 1. The van der Waals surface area contributed by atoms with Gasteiger partial charge in [0.05, 0.1) is 4.90 Å². The molecule has 0 aliphatic rings. The van der Waals surface area contributed by atoms with Crippen LogP contribution in [0.3, 0.4) is 0 Å². The second kappa shape index (κ2) is 6.65. The molecule has 3 N–H and O–H groups in total. The van der Waals surface area contributed by atoms with Gasteiger partial charge in [-0.15, -0.1) is 0 Å². The molecule has 0 aliphatic carbocycles. The zero-order valence-corrected chi connectivity index (χ0v) is 12.7. The number of alkyl halides is 3. The van der Waals surface area contributed by atoms with Crippen molar-refractivity contribution in [2.45, 2.75) is 50.2 Å². The summed E-state index contributed by atoms with van der Waals surface area (Å²) in [5, 5.41) is 8.09. The fourth-order valence-electron chi connectivity index (χ4n) is 1.96. The van der Waals surface area contributed by atoms with Crippen LogP contribution in [0.2, 0.25) is 0 Å². The Morgan fingerprint density at radius 3 is 2.48 bits per heavy atom. The fourth-order valence-corrected chi connectivity index (χ4v) is 2.77. The van der Waals surface area contributed by atoms with E-state index in [0.717, 1.165) is 0 Å². The van der Waals surface area contributed by atoms with E-state index in [1.807, 2.05) is 0 Å². The molecule has 0 saturated heterocycles. The van der Waals surface area contributed by atoms with Crippen molar-refractivity contribution in [1.82, 2.24) is 0 Å². The number of sulfonamides is 1. The van der Waals surface area contributed by atoms with Gasteiger partial charge in [0.25, 0.3) is 0 Å². The lowest BCUT2D eigenvalue weighted by Gasteiger charge is -2.17. The minimum Gasteiger partial charge on any atom is -0.383 e. The van der Waals surface area contributed by atoms with Crippen molar-refractivity contribution >= 4 is 15.7 Å². The smallest absolute Gasteiger partial charge is 0.383 e. The van der Waals surface area contributed by atoms with Crippen LogP contribution in [0.5, 0.6) is 0 Å². The first-order valence-electron chi connectivity index (χ1n) is 6.46. The summed E-state index contributed by atoms with van der Waals surface area (Å²) in [5.41, 5.74) is 1.04. The number of nitrogens with two attached hydrogens (primary N) is 1. The van der Waals surface area contributed by atoms with E-state index in [1.165, 1.54) is 6.07 Å². The summed E-state index contributed by atoms with van der Waals surface area (Å²) in [4.78, 5) is 0.00925. The van der Waals surface area contributed by atoms with Gasteiger partial charge in [-0.1, -0.05) is 6.07 Å². The summed E-state index contributed by atoms with van der Waals surface area (Å²) in [6.45, 7) is 3.36. The van der Waals surface area contributed by atoms with E-state index in [0.29, 0.717) is 17.7 Å². The van der Waals surface area contributed by atoms with Crippen LogP contribution in [0, 0.1) is 6.92 Å². The number of aryl methyl sites for hydroxylation is 1. The van der Waals surface area contributed by atoms with Crippen LogP contribution in [0.25, 0.3) is 0 Å². The highest BCUT2D eigenvalue weighted by molar-refractivity contribution is 7.89. The molecule has 0 aromatic heterocycles. The molecule has 0 aliphatic heterocycles. The van der Waals surface area contributed by atoms with Crippen LogP contribution in [-0.4, -0.2) is 20.6 Å². The van der Waals surface area contributed by atoms with Gasteiger partial charge in [0, 0.05) is 18.2 Å². The number of hydrogen-bond donors (Lipinski definition) is 2. The molecule has 0 amide bonds. The van der Waals surface area contributed by atoms with Gasteiger partial charge in [0.1, 0.15) is 0 Å². The normalized spacial score (nSPS) is 14.0. The highest BCUT2D eigenvalue weighted by atomic mass is 32.2. The molecule has 1 atom stereocenters. The molecule has 0 fully saturated rings. The average molecular weight is 324 g/mol. The van der Waals surface area contributed by atoms with Gasteiger partial charge in [-0.05, 0) is 44.4 Å². The first-order chi connectivity index (χ1) is 9.49. The van der Waals surface area contributed by atoms with E-state index < -0.39 is 22.6 Å². The van der Waals surface area contributed by atoms with Crippen molar-refractivity contribution in [3.63, 3.8) is 0 Å². The maximum atomic E-state index is 12.1. The molecule has 0 saturated carbocycles. The van der Waals surface area contributed by atoms with Gasteiger partial charge < -0.3 is 5.32 Å². The maximum Gasteiger partial charge on any atom is 0.389 e. The molecule has 1 rings (SSSR count). The highest BCUT2D eigenvalue weighted by Gasteiger charge is 2.26. The number of halogens is 3. The van der Waals surface area contributed by atoms with Crippen molar-refractivity contribution in [3.8, 4) is 0 Å². The zero-order chi connectivity index (χ0) is 16.3. The van der Waals surface area contributed by atoms with Crippen molar-refractivity contribution in [2.75, 3.05) is 5.32 Å². The third-order valence-corrected chi connectivity index (χ3v) is 4.06. The summed E-state index contributed by atoms with van der Waals surface area (Å²) < 4.78 is 59.0. The average Bonchev–Trinajstić information content (AvgIpc) is 2.28. The van der Waals surface area contributed by atoms with E-state index >= 15 is 0 Å². The molecule has 0 radical (unpaired) electrons. The molecular weight excluding hydrogens is 305 g/mol. The molecular formula is C13H19F3N2O2S. The van der Waals surface area contributed by atoms with Gasteiger partial charge in [0.15, 0.2) is 0 Å². The van der Waals surface area contributed by atoms with Crippen LogP contribution >= 0.6 is 0 Å². The van der Waals surface area contributed by atoms with E-state index in [2.05, 4.69) is 5.32 Å². The molecule has 0 bridgehead atoms. The molecule has 8 heteroatoms. The highest BCUT2D eigenvalue weighted by Crippen LogP contribution is 2.24. The van der Waals surface area contributed by atoms with Crippen LogP contribution in [0.1, 0.15) is 31.7 Å². The number of benzene rings is 1. The Balaban J connectivity index is 2.67. The Labute approximate surface area is 122 Å². The Hall–Kier alpha value is -1.28. The quantitative estimate of drug-likeness (QED) is 0.844. The SMILES string of the molecule is Cc1ccc(NC(C)CCCC(F)(F)F)cc1S(N)(=O)=O. The molecule has 1 unspecified atom stereocenters. The molecule has 1 aromatic rings. The minimum absolute atomic E-state index is 0.00925. The monoisotopic (exact) mass is 324 g/mol. The predicted octanol–water partition coefficient (Wildman–Crippen LogP) is 3.18. The number of hydrogen-bond acceptors (Lipinski definition) is 3. The van der Waals surface area contributed by atoms with Gasteiger partial charge in [-0.2, -0.15) is 13.2 Å². The van der Waals surface area contributed by atoms with Crippen molar-refractivity contribution in [3.05, 3.63) is 23.8 Å². The maximum absolute atomic E-state index is 12.1. The second-order valence-corrected chi connectivity index (χ2v) is 6.61. The summed E-state index contributed by atoms with van der Waals surface area (Å²) in [5.74, 6) is 0. The summed E-state index contributed by atoms with van der Waals surface area (Å²) >= 11 is 0. The predicted molar refractivity (Wildman–Crippen MR) is 75.5 cm³/mol. The Morgan fingerprint density at radius 2 is 1.95 bits per heavy atom. The standard InChI is InChI=1S/C13H19F3N2O2S/c1-9-5-6-11(8-12(9)21(17,19)20)18-10(2)4-3-7-13(14,15)16/h5-6,8,10,18H,3-4,7H2,1-2H3,(H2,17,19,20). The Morgan fingerprint density at radius 1 is 1.33 bits per heavy atom. The second-order valence-electron chi connectivity index (χ2n) is 5.08. The summed E-state index contributed by atoms with van der Waals surface area (Å²) in [6, 6.07) is 4.46. The largest absolute Gasteiger partial charge is 0.389 e. The lowest BCUT2D eigenvalue weighted by atomic mass is 10.1. The Kier molecular flexibility index (Phi) is 5.63. The topological polar surface area (TPSA) is 72.2 Å². The molecule has 1 aromatic carbocycles. The first kappa shape index (κ1) is 17.8. The molecule has 120 valence electrons. The lowest BCUT2D eigenvalue weighted by molar-refractivity contribution is -0.135. The van der Waals surface area contributed by atoms with Crippen molar-refractivity contribution in [1.29, 1.82) is 0 Å². The molecule has 21 heavy (non-hydrogen) atoms. The van der Waals surface area contributed by atoms with Crippen LogP contribution in [0.4, 0.5) is 18.9 Å². The molecule has 0 spiro atoms. The van der Waals surface area contributed by atoms with E-state index in [9.17, 15) is 21.6 Å². The summed E-state index contributed by atoms with van der Waals surface area (Å²) in [7, 11) is -3.82. The van der Waals surface area contributed by atoms with Crippen LogP contribution < -0.4 is 10.5 Å². The number of rotatable bonds is 6. The van der Waals surface area contributed by atoms with E-state index in [-0.39, 0.29) is 17.4 Å². The minimum atomic E-state index is -4.15. The summed E-state index contributed by atoms with van der Waals surface area (Å²) in [6.07, 6.45) is -4.62. The number of nitrogens with one attached hydrogen (secondary N) is 1. The lowest BCUT2D eigenvalue weighted by Crippen LogP contribution is -2.18. The van der Waals surface area contributed by atoms with Crippen molar-refractivity contribution in [2.24, 2.45) is 5.14 Å². The van der Waals surface area contributed by atoms with E-state index in [1.54, 1.807) is 26.0 Å². The Bertz CT molecular complexity index is 586. The van der Waals surface area contributed by atoms with E-state index in [4.69, 9.17) is 5.14 Å². The number of anilines is 1. The first-order valence-corrected chi connectivity index (χ1v) is 8.00. The molecule has 0 heterocycles. The van der Waals surface area contributed by atoms with Crippen molar-refractivity contribution < 1.29 is 21.6 Å². The van der Waals surface area contributed by atoms with Gasteiger partial charge >= 0.3 is 6.18 Å². The van der Waals surface area contributed by atoms with Crippen LogP contribution in [-0.2, 0) is 10.0 Å².